The van der Waals surface area contributed by atoms with Gasteiger partial charge < -0.3 is 15.2 Å². The molecule has 1 aliphatic heterocycles. The number of carbonyl (C=O) groups is 2. The van der Waals surface area contributed by atoms with E-state index in [1.54, 1.807) is 4.90 Å². The van der Waals surface area contributed by atoms with E-state index in [-0.39, 0.29) is 31.4 Å². The number of rotatable bonds is 3. The van der Waals surface area contributed by atoms with E-state index < -0.39 is 0 Å². The molecule has 8 nitrogen and oxygen atoms in total. The van der Waals surface area contributed by atoms with Gasteiger partial charge >= 0.3 is 0 Å². The number of benzene rings is 1. The van der Waals surface area contributed by atoms with Gasteiger partial charge in [0.1, 0.15) is 0 Å². The first-order valence-electron chi connectivity index (χ1n) is 6.76. The molecule has 0 atom stereocenters. The first kappa shape index (κ1) is 14.2. The quantitative estimate of drug-likeness (QED) is 0.795. The summed E-state index contributed by atoms with van der Waals surface area (Å²) in [6.45, 7) is 0.554. The maximum Gasteiger partial charge on any atom is 0.248 e. The van der Waals surface area contributed by atoms with Crippen molar-refractivity contribution < 1.29 is 14.1 Å². The molecule has 1 saturated heterocycles. The van der Waals surface area contributed by atoms with Crippen LogP contribution in [0, 0.1) is 0 Å². The van der Waals surface area contributed by atoms with Crippen molar-refractivity contribution in [3.05, 3.63) is 30.2 Å². The molecule has 8 heteroatoms. The van der Waals surface area contributed by atoms with Gasteiger partial charge in [0.05, 0.1) is 19.6 Å². The normalized spacial score (nSPS) is 15.5. The molecule has 2 amide bonds. The molecule has 0 saturated carbocycles. The number of nitrogens with zero attached hydrogens (tertiary/aromatic N) is 4. The zero-order chi connectivity index (χ0) is 15.7. The highest BCUT2D eigenvalue weighted by Crippen LogP contribution is 2.22. The van der Waals surface area contributed by atoms with Crippen molar-refractivity contribution in [3.8, 4) is 11.4 Å². The van der Waals surface area contributed by atoms with Gasteiger partial charge in [-0.05, 0) is 24.3 Å². The van der Waals surface area contributed by atoms with E-state index >= 15 is 0 Å². The average molecular weight is 301 g/mol. The summed E-state index contributed by atoms with van der Waals surface area (Å²) in [7, 11) is 1.50. The van der Waals surface area contributed by atoms with Crippen molar-refractivity contribution in [1.29, 1.82) is 0 Å². The first-order valence-corrected chi connectivity index (χ1v) is 6.76. The van der Waals surface area contributed by atoms with Gasteiger partial charge in [-0.15, -0.1) is 0 Å². The monoisotopic (exact) mass is 301 g/mol. The summed E-state index contributed by atoms with van der Waals surface area (Å²) < 4.78 is 4.96. The van der Waals surface area contributed by atoms with E-state index in [4.69, 9.17) is 10.3 Å². The fraction of sp³-hybridized carbons (Fsp3) is 0.286. The first-order chi connectivity index (χ1) is 10.6. The number of carbonyl (C=O) groups excluding carboxylic acids is 2. The maximum atomic E-state index is 11.7. The number of anilines is 1. The summed E-state index contributed by atoms with van der Waals surface area (Å²) in [5.74, 6) is 0.393. The molecular formula is C14H15N5O3. The Hall–Kier alpha value is -2.74. The zero-order valence-electron chi connectivity index (χ0n) is 12.0. The molecule has 1 aliphatic rings. The number of hydrogen-bond donors (Lipinski definition) is 1. The molecule has 1 aromatic heterocycles. The third-order valence-corrected chi connectivity index (χ3v) is 3.53. The zero-order valence-corrected chi connectivity index (χ0v) is 12.0. The molecule has 2 heterocycles. The molecule has 0 radical (unpaired) electrons. The maximum absolute atomic E-state index is 11.7. The fourth-order valence-corrected chi connectivity index (χ4v) is 2.19. The van der Waals surface area contributed by atoms with Crippen molar-refractivity contribution >= 4 is 17.5 Å². The number of piperazine rings is 1. The Kier molecular flexibility index (Phi) is 3.60. The van der Waals surface area contributed by atoms with Crippen LogP contribution in [0.3, 0.4) is 0 Å². The highest BCUT2D eigenvalue weighted by atomic mass is 16.5. The lowest BCUT2D eigenvalue weighted by Gasteiger charge is -2.31. The number of amides is 2. The third kappa shape index (κ3) is 2.56. The van der Waals surface area contributed by atoms with E-state index in [9.17, 15) is 9.59 Å². The lowest BCUT2D eigenvalue weighted by molar-refractivity contribution is -0.143. The minimum absolute atomic E-state index is 0.182. The van der Waals surface area contributed by atoms with Crippen LogP contribution in [0.4, 0.5) is 5.69 Å². The van der Waals surface area contributed by atoms with Gasteiger partial charge in [0, 0.05) is 18.3 Å². The van der Waals surface area contributed by atoms with Crippen LogP contribution in [0.15, 0.2) is 28.8 Å². The second kappa shape index (κ2) is 5.57. The average Bonchev–Trinajstić information content (AvgIpc) is 3.01. The van der Waals surface area contributed by atoms with Gasteiger partial charge in [-0.25, -0.2) is 0 Å². The molecule has 0 unspecified atom stereocenters. The van der Waals surface area contributed by atoms with Crippen molar-refractivity contribution in [2.24, 2.45) is 5.73 Å². The lowest BCUT2D eigenvalue weighted by Crippen LogP contribution is -2.52. The number of aromatic nitrogens is 2. The molecule has 0 bridgehead atoms. The minimum atomic E-state index is -0.217. The largest absolute Gasteiger partial charge is 0.353 e. The van der Waals surface area contributed by atoms with E-state index in [0.717, 1.165) is 16.2 Å². The Balaban J connectivity index is 1.79. The molecule has 0 spiro atoms. The molecule has 2 aromatic rings. The van der Waals surface area contributed by atoms with Gasteiger partial charge in [-0.1, -0.05) is 5.16 Å². The summed E-state index contributed by atoms with van der Waals surface area (Å²) in [6.07, 6.45) is 0. The Labute approximate surface area is 126 Å². The number of imide groups is 1. The van der Waals surface area contributed by atoms with Crippen LogP contribution in [0.25, 0.3) is 11.4 Å². The topological polar surface area (TPSA) is 106 Å². The summed E-state index contributed by atoms with van der Waals surface area (Å²) in [5.41, 5.74) is 7.00. The highest BCUT2D eigenvalue weighted by Gasteiger charge is 2.28. The predicted octanol–water partition coefficient (Wildman–Crippen LogP) is 0.000300. The predicted molar refractivity (Wildman–Crippen MR) is 77.6 cm³/mol. The van der Waals surface area contributed by atoms with Gasteiger partial charge in [0.2, 0.25) is 23.5 Å². The van der Waals surface area contributed by atoms with Crippen LogP contribution < -0.4 is 10.6 Å². The number of nitrogens with two attached hydrogens (primary N) is 1. The lowest BCUT2D eigenvalue weighted by atomic mass is 10.1. The Morgan fingerprint density at radius 3 is 2.36 bits per heavy atom. The van der Waals surface area contributed by atoms with Crippen molar-refractivity contribution in [3.63, 3.8) is 0 Å². The van der Waals surface area contributed by atoms with E-state index in [1.807, 2.05) is 24.3 Å². The summed E-state index contributed by atoms with van der Waals surface area (Å²) in [6, 6.07) is 7.26. The Morgan fingerprint density at radius 2 is 1.82 bits per heavy atom. The molecule has 3 rings (SSSR count). The van der Waals surface area contributed by atoms with Crippen molar-refractivity contribution in [2.45, 2.75) is 6.54 Å². The molecule has 114 valence electrons. The second-order valence-corrected chi connectivity index (χ2v) is 4.97. The van der Waals surface area contributed by atoms with Crippen LogP contribution in [0.5, 0.6) is 0 Å². The molecular weight excluding hydrogens is 286 g/mol. The van der Waals surface area contributed by atoms with Crippen LogP contribution in [0.2, 0.25) is 0 Å². The second-order valence-electron chi connectivity index (χ2n) is 4.97. The summed E-state index contributed by atoms with van der Waals surface area (Å²) >= 11 is 0. The van der Waals surface area contributed by atoms with Gasteiger partial charge in [0.25, 0.3) is 0 Å². The number of hydrogen-bond acceptors (Lipinski definition) is 7. The van der Waals surface area contributed by atoms with Crippen molar-refractivity contribution in [1.82, 2.24) is 15.0 Å². The van der Waals surface area contributed by atoms with E-state index in [0.29, 0.717) is 11.7 Å². The highest BCUT2D eigenvalue weighted by molar-refractivity contribution is 6.02. The van der Waals surface area contributed by atoms with Crippen LogP contribution in [-0.2, 0) is 16.1 Å². The molecule has 0 aliphatic carbocycles. The molecule has 1 aromatic carbocycles. The van der Waals surface area contributed by atoms with Crippen LogP contribution in [0.1, 0.15) is 5.89 Å². The molecule has 2 N–H and O–H groups in total. The van der Waals surface area contributed by atoms with Gasteiger partial charge in [-0.2, -0.15) is 4.98 Å². The smallest absolute Gasteiger partial charge is 0.248 e. The van der Waals surface area contributed by atoms with Crippen LogP contribution in [-0.4, -0.2) is 47.0 Å². The number of likely N-dealkylation sites (N-methyl/N-ethyl adjacent to an activating group) is 1. The SMILES string of the molecule is CN1C(=O)CN(c2ccc(-c3noc(CN)n3)cc2)CC1=O. The van der Waals surface area contributed by atoms with E-state index in [1.165, 1.54) is 7.05 Å². The van der Waals surface area contributed by atoms with Crippen molar-refractivity contribution in [2.75, 3.05) is 25.0 Å². The van der Waals surface area contributed by atoms with E-state index in [2.05, 4.69) is 10.1 Å². The molecule has 22 heavy (non-hydrogen) atoms. The Bertz CT molecular complexity index is 692. The van der Waals surface area contributed by atoms with Gasteiger partial charge in [0.15, 0.2) is 0 Å². The van der Waals surface area contributed by atoms with Crippen LogP contribution >= 0.6 is 0 Å². The fourth-order valence-electron chi connectivity index (χ4n) is 2.19. The Morgan fingerprint density at radius 1 is 1.18 bits per heavy atom. The third-order valence-electron chi connectivity index (χ3n) is 3.53. The standard InChI is InChI=1S/C14H15N5O3/c1-18-12(20)7-19(8-13(18)21)10-4-2-9(3-5-10)14-16-11(6-15)22-17-14/h2-5H,6-8,15H2,1H3. The summed E-state index contributed by atoms with van der Waals surface area (Å²) in [5, 5.41) is 3.84. The van der Waals surface area contributed by atoms with Gasteiger partial charge in [-0.3, -0.25) is 14.5 Å². The minimum Gasteiger partial charge on any atom is -0.353 e. The molecule has 1 fully saturated rings. The summed E-state index contributed by atoms with van der Waals surface area (Å²) in [4.78, 5) is 30.5.